The fourth-order valence-electron chi connectivity index (χ4n) is 2.02. The van der Waals surface area contributed by atoms with Gasteiger partial charge in [0.1, 0.15) is 5.54 Å². The van der Waals surface area contributed by atoms with E-state index in [-0.39, 0.29) is 0 Å². The van der Waals surface area contributed by atoms with Crippen LogP contribution in [0.2, 0.25) is 0 Å². The minimum Gasteiger partial charge on any atom is -0.480 e. The molecular weight excluding hydrogens is 270 g/mol. The Morgan fingerprint density at radius 2 is 2.00 bits per heavy atom. The largest absolute Gasteiger partial charge is 0.480 e. The van der Waals surface area contributed by atoms with E-state index in [0.717, 1.165) is 17.7 Å². The fourth-order valence-corrected chi connectivity index (χ4v) is 3.01. The molecule has 2 rings (SSSR count). The maximum Gasteiger partial charge on any atom is 0.324 e. The molecule has 0 amide bonds. The number of benzene rings is 1. The first-order valence-electron chi connectivity index (χ1n) is 7.14. The van der Waals surface area contributed by atoms with E-state index >= 15 is 0 Å². The third-order valence-corrected chi connectivity index (χ3v) is 4.97. The van der Waals surface area contributed by atoms with E-state index in [0.29, 0.717) is 17.7 Å². The Morgan fingerprint density at radius 1 is 1.40 bits per heavy atom. The van der Waals surface area contributed by atoms with Crippen LogP contribution in [0.4, 0.5) is 0 Å². The van der Waals surface area contributed by atoms with Gasteiger partial charge in [-0.1, -0.05) is 26.0 Å². The van der Waals surface area contributed by atoms with Gasteiger partial charge in [-0.25, -0.2) is 0 Å². The standard InChI is InChI=1S/C16H23NO2S/c1-11(2)12-4-8-14(9-5-12)20-10-16(3,15(18)19)17-13-6-7-13/h4-5,8-9,11,13,17H,6-7,10H2,1-3H3,(H,18,19). The molecule has 110 valence electrons. The van der Waals surface area contributed by atoms with E-state index in [1.54, 1.807) is 18.7 Å². The van der Waals surface area contributed by atoms with Crippen LogP contribution in [0.25, 0.3) is 0 Å². The second-order valence-electron chi connectivity index (χ2n) is 6.07. The Kier molecular flexibility index (Phi) is 4.76. The van der Waals surface area contributed by atoms with E-state index in [1.807, 2.05) is 0 Å². The van der Waals surface area contributed by atoms with E-state index in [4.69, 9.17) is 0 Å². The SMILES string of the molecule is CC(C)c1ccc(SCC(C)(NC2CC2)C(=O)O)cc1. The average Bonchev–Trinajstić information content (AvgIpc) is 3.20. The maximum atomic E-state index is 11.5. The average molecular weight is 293 g/mol. The number of carboxylic acid groups (broad SMARTS) is 1. The first-order valence-corrected chi connectivity index (χ1v) is 8.13. The molecule has 1 fully saturated rings. The number of hydrogen-bond donors (Lipinski definition) is 2. The van der Waals surface area contributed by atoms with Crippen molar-refractivity contribution in [1.82, 2.24) is 5.32 Å². The third kappa shape index (κ3) is 4.00. The van der Waals surface area contributed by atoms with E-state index < -0.39 is 11.5 Å². The molecule has 1 aromatic carbocycles. The third-order valence-electron chi connectivity index (χ3n) is 3.65. The molecule has 0 saturated heterocycles. The monoisotopic (exact) mass is 293 g/mol. The molecule has 0 bridgehead atoms. The molecule has 1 saturated carbocycles. The number of carbonyl (C=O) groups is 1. The number of carboxylic acids is 1. The number of nitrogens with one attached hydrogen (secondary N) is 1. The first-order chi connectivity index (χ1) is 9.40. The lowest BCUT2D eigenvalue weighted by Crippen LogP contribution is -2.52. The molecule has 2 N–H and O–H groups in total. The van der Waals surface area contributed by atoms with Crippen LogP contribution in [0, 0.1) is 0 Å². The summed E-state index contributed by atoms with van der Waals surface area (Å²) in [5, 5.41) is 12.7. The quantitative estimate of drug-likeness (QED) is 0.756. The van der Waals surface area contributed by atoms with Crippen molar-refractivity contribution >= 4 is 17.7 Å². The van der Waals surface area contributed by atoms with Crippen molar-refractivity contribution in [1.29, 1.82) is 0 Å². The van der Waals surface area contributed by atoms with Crippen molar-refractivity contribution in [3.63, 3.8) is 0 Å². The number of thioether (sulfide) groups is 1. The summed E-state index contributed by atoms with van der Waals surface area (Å²) in [6.45, 7) is 6.12. The van der Waals surface area contributed by atoms with Crippen LogP contribution in [0.3, 0.4) is 0 Å². The molecule has 1 aliphatic carbocycles. The molecule has 0 aromatic heterocycles. The van der Waals surface area contributed by atoms with Crippen LogP contribution in [-0.2, 0) is 4.79 Å². The number of hydrogen-bond acceptors (Lipinski definition) is 3. The molecule has 3 nitrogen and oxygen atoms in total. The van der Waals surface area contributed by atoms with Crippen molar-refractivity contribution in [3.05, 3.63) is 29.8 Å². The molecule has 1 atom stereocenters. The van der Waals surface area contributed by atoms with Crippen molar-refractivity contribution in [2.75, 3.05) is 5.75 Å². The summed E-state index contributed by atoms with van der Waals surface area (Å²) in [5.41, 5.74) is 0.467. The summed E-state index contributed by atoms with van der Waals surface area (Å²) < 4.78 is 0. The highest BCUT2D eigenvalue weighted by Gasteiger charge is 2.38. The Bertz CT molecular complexity index is 468. The van der Waals surface area contributed by atoms with Gasteiger partial charge in [-0.2, -0.15) is 0 Å². The minimum absolute atomic E-state index is 0.389. The molecule has 4 heteroatoms. The predicted octanol–water partition coefficient (Wildman–Crippen LogP) is 3.50. The zero-order chi connectivity index (χ0) is 14.8. The molecule has 0 radical (unpaired) electrons. The van der Waals surface area contributed by atoms with Crippen LogP contribution in [0.5, 0.6) is 0 Å². The molecule has 1 aliphatic rings. The first kappa shape index (κ1) is 15.4. The van der Waals surface area contributed by atoms with Gasteiger partial charge in [-0.3, -0.25) is 10.1 Å². The van der Waals surface area contributed by atoms with E-state index in [1.165, 1.54) is 5.56 Å². The summed E-state index contributed by atoms with van der Waals surface area (Å²) in [5.74, 6) is 0.297. The predicted molar refractivity (Wildman–Crippen MR) is 83.5 cm³/mol. The highest BCUT2D eigenvalue weighted by molar-refractivity contribution is 7.99. The summed E-state index contributed by atoms with van der Waals surface area (Å²) in [7, 11) is 0. The topological polar surface area (TPSA) is 49.3 Å². The number of rotatable bonds is 7. The van der Waals surface area contributed by atoms with Gasteiger partial charge in [0.2, 0.25) is 0 Å². The van der Waals surface area contributed by atoms with Gasteiger partial charge < -0.3 is 5.11 Å². The zero-order valence-electron chi connectivity index (χ0n) is 12.3. The Hall–Kier alpha value is -1.00. The molecule has 0 spiro atoms. The summed E-state index contributed by atoms with van der Waals surface area (Å²) in [6, 6.07) is 8.80. The molecular formula is C16H23NO2S. The van der Waals surface area contributed by atoms with Gasteiger partial charge >= 0.3 is 5.97 Å². The summed E-state index contributed by atoms with van der Waals surface area (Å²) in [4.78, 5) is 12.6. The fraction of sp³-hybridized carbons (Fsp3) is 0.562. The van der Waals surface area contributed by atoms with Crippen LogP contribution >= 0.6 is 11.8 Å². The molecule has 0 aliphatic heterocycles. The van der Waals surface area contributed by atoms with Gasteiger partial charge in [0.25, 0.3) is 0 Å². The van der Waals surface area contributed by atoms with Crippen LogP contribution < -0.4 is 5.32 Å². The molecule has 0 heterocycles. The molecule has 1 aromatic rings. The van der Waals surface area contributed by atoms with Gasteiger partial charge in [0.05, 0.1) is 0 Å². The van der Waals surface area contributed by atoms with Crippen molar-refractivity contribution in [2.24, 2.45) is 0 Å². The van der Waals surface area contributed by atoms with E-state index in [9.17, 15) is 9.90 Å². The second kappa shape index (κ2) is 6.19. The van der Waals surface area contributed by atoms with Crippen LogP contribution in [0.15, 0.2) is 29.2 Å². The summed E-state index contributed by atoms with van der Waals surface area (Å²) >= 11 is 1.60. The van der Waals surface area contributed by atoms with Gasteiger partial charge in [0.15, 0.2) is 0 Å². The highest BCUT2D eigenvalue weighted by atomic mass is 32.2. The Morgan fingerprint density at radius 3 is 2.45 bits per heavy atom. The van der Waals surface area contributed by atoms with Crippen molar-refractivity contribution in [3.8, 4) is 0 Å². The zero-order valence-corrected chi connectivity index (χ0v) is 13.2. The second-order valence-corrected chi connectivity index (χ2v) is 7.12. The smallest absolute Gasteiger partial charge is 0.324 e. The normalized spacial score (nSPS) is 18.0. The lowest BCUT2D eigenvalue weighted by atomic mass is 10.0. The lowest BCUT2D eigenvalue weighted by Gasteiger charge is -2.26. The van der Waals surface area contributed by atoms with Crippen molar-refractivity contribution < 1.29 is 9.90 Å². The minimum atomic E-state index is -0.845. The number of aliphatic carboxylic acids is 1. The lowest BCUT2D eigenvalue weighted by molar-refractivity contribution is -0.143. The van der Waals surface area contributed by atoms with Crippen LogP contribution in [-0.4, -0.2) is 28.4 Å². The summed E-state index contributed by atoms with van der Waals surface area (Å²) in [6.07, 6.45) is 2.19. The molecule has 1 unspecified atom stereocenters. The highest BCUT2D eigenvalue weighted by Crippen LogP contribution is 2.28. The molecule has 20 heavy (non-hydrogen) atoms. The maximum absolute atomic E-state index is 11.5. The Labute approximate surface area is 125 Å². The van der Waals surface area contributed by atoms with E-state index in [2.05, 4.69) is 43.4 Å². The van der Waals surface area contributed by atoms with Gasteiger partial charge in [-0.15, -0.1) is 11.8 Å². The van der Waals surface area contributed by atoms with Gasteiger partial charge in [-0.05, 0) is 43.4 Å². The Balaban J connectivity index is 1.96. The van der Waals surface area contributed by atoms with Crippen molar-refractivity contribution in [2.45, 2.75) is 56.0 Å². The van der Waals surface area contributed by atoms with Gasteiger partial charge in [0, 0.05) is 16.7 Å². The van der Waals surface area contributed by atoms with Crippen LogP contribution in [0.1, 0.15) is 45.1 Å².